The van der Waals surface area contributed by atoms with Gasteiger partial charge in [0.1, 0.15) is 5.76 Å². The van der Waals surface area contributed by atoms with E-state index in [2.05, 4.69) is 17.5 Å². The van der Waals surface area contributed by atoms with Crippen LogP contribution in [-0.2, 0) is 0 Å². The van der Waals surface area contributed by atoms with Gasteiger partial charge in [0, 0.05) is 21.9 Å². The minimum absolute atomic E-state index is 0.485. The molecule has 2 N–H and O–H groups in total. The summed E-state index contributed by atoms with van der Waals surface area (Å²) in [6.07, 6.45) is 0. The van der Waals surface area contributed by atoms with Gasteiger partial charge in [-0.2, -0.15) is 0 Å². The van der Waals surface area contributed by atoms with Crippen LogP contribution < -0.4 is 5.73 Å². The van der Waals surface area contributed by atoms with Crippen LogP contribution >= 0.6 is 22.7 Å². The largest absolute Gasteiger partial charge is 0.446 e. The lowest BCUT2D eigenvalue weighted by Gasteiger charge is -1.90. The second kappa shape index (κ2) is 3.12. The van der Waals surface area contributed by atoms with Crippen molar-refractivity contribution in [2.24, 2.45) is 0 Å². The van der Waals surface area contributed by atoms with Crippen molar-refractivity contribution >= 4 is 38.0 Å². The highest BCUT2D eigenvalue weighted by molar-refractivity contribution is 7.39. The van der Waals surface area contributed by atoms with Gasteiger partial charge in [0.2, 0.25) is 0 Å². The highest BCUT2D eigenvalue weighted by atomic mass is 32.2. The number of aryl methyl sites for hydroxylation is 1. The summed E-state index contributed by atoms with van der Waals surface area (Å²) in [6.45, 7) is 1.94. The van der Waals surface area contributed by atoms with Crippen molar-refractivity contribution < 1.29 is 4.42 Å². The number of fused-ring (bicyclic) bond motifs is 1. The average Bonchev–Trinajstić information content (AvgIpc) is 2.77. The van der Waals surface area contributed by atoms with Crippen LogP contribution in [0.2, 0.25) is 0 Å². The lowest BCUT2D eigenvalue weighted by molar-refractivity contribution is 0.554. The quantitative estimate of drug-likeness (QED) is 0.689. The van der Waals surface area contributed by atoms with E-state index in [4.69, 9.17) is 10.2 Å². The molecule has 3 rings (SSSR count). The van der Waals surface area contributed by atoms with E-state index in [1.807, 2.05) is 13.0 Å². The van der Waals surface area contributed by atoms with Crippen LogP contribution in [0, 0.1) is 6.92 Å². The predicted molar refractivity (Wildman–Crippen MR) is 66.6 cm³/mol. The Morgan fingerprint density at radius 2 is 2.20 bits per heavy atom. The molecule has 0 aromatic carbocycles. The molecule has 15 heavy (non-hydrogen) atoms. The first-order valence-corrected chi connectivity index (χ1v) is 6.27. The smallest absolute Gasteiger partial charge is 0.191 e. The fourth-order valence-corrected chi connectivity index (χ4v) is 3.82. The third-order valence-corrected chi connectivity index (χ3v) is 4.59. The predicted octanol–water partition coefficient (Wildman–Crippen LogP) is 4.11. The molecule has 0 aliphatic heterocycles. The summed E-state index contributed by atoms with van der Waals surface area (Å²) in [7, 11) is 0. The van der Waals surface area contributed by atoms with E-state index in [1.54, 1.807) is 22.7 Å². The number of rotatable bonds is 1. The summed E-state index contributed by atoms with van der Waals surface area (Å²) in [5, 5.41) is 3.42. The highest BCUT2D eigenvalue weighted by Gasteiger charge is 2.11. The fourth-order valence-electron chi connectivity index (χ4n) is 1.65. The SMILES string of the molecule is Cc1oc(N)cc1-c1cc2ccsc2s1. The van der Waals surface area contributed by atoms with Crippen LogP contribution in [0.4, 0.5) is 5.88 Å². The minimum Gasteiger partial charge on any atom is -0.446 e. The Bertz CT molecular complexity index is 589. The molecule has 0 fully saturated rings. The number of nitrogen functional groups attached to an aromatic ring is 1. The van der Waals surface area contributed by atoms with Crippen molar-refractivity contribution in [1.82, 2.24) is 0 Å². The topological polar surface area (TPSA) is 39.2 Å². The minimum atomic E-state index is 0.485. The summed E-state index contributed by atoms with van der Waals surface area (Å²) in [5.74, 6) is 1.38. The Hall–Kier alpha value is -1.26. The van der Waals surface area contributed by atoms with Crippen molar-refractivity contribution in [1.29, 1.82) is 0 Å². The molecule has 0 atom stereocenters. The summed E-state index contributed by atoms with van der Waals surface area (Å²) in [4.78, 5) is 1.23. The summed E-state index contributed by atoms with van der Waals surface area (Å²) >= 11 is 3.56. The van der Waals surface area contributed by atoms with Gasteiger partial charge in [-0.15, -0.1) is 22.7 Å². The lowest BCUT2D eigenvalue weighted by Crippen LogP contribution is -1.75. The number of furan rings is 1. The van der Waals surface area contributed by atoms with Crippen molar-refractivity contribution in [2.45, 2.75) is 6.92 Å². The molecule has 0 saturated heterocycles. The zero-order chi connectivity index (χ0) is 10.4. The van der Waals surface area contributed by atoms with E-state index in [9.17, 15) is 0 Å². The van der Waals surface area contributed by atoms with Gasteiger partial charge in [0.25, 0.3) is 0 Å². The number of anilines is 1. The first kappa shape index (κ1) is 9.00. The molecule has 2 nitrogen and oxygen atoms in total. The molecule has 3 heterocycles. The third kappa shape index (κ3) is 1.37. The zero-order valence-electron chi connectivity index (χ0n) is 8.11. The Labute approximate surface area is 95.0 Å². The second-order valence-corrected chi connectivity index (χ2v) is 5.62. The molecule has 0 bridgehead atoms. The highest BCUT2D eigenvalue weighted by Crippen LogP contribution is 2.39. The van der Waals surface area contributed by atoms with E-state index in [-0.39, 0.29) is 0 Å². The number of nitrogens with two attached hydrogens (primary N) is 1. The first-order chi connectivity index (χ1) is 7.24. The molecular formula is C11H9NOS2. The number of hydrogen-bond donors (Lipinski definition) is 1. The Kier molecular flexibility index (Phi) is 1.87. The molecular weight excluding hydrogens is 226 g/mol. The van der Waals surface area contributed by atoms with Crippen LogP contribution in [0.25, 0.3) is 19.8 Å². The van der Waals surface area contributed by atoms with E-state index in [1.165, 1.54) is 14.3 Å². The van der Waals surface area contributed by atoms with Crippen molar-refractivity contribution in [3.8, 4) is 10.4 Å². The monoisotopic (exact) mass is 235 g/mol. The normalized spacial score (nSPS) is 11.3. The maximum atomic E-state index is 5.63. The van der Waals surface area contributed by atoms with Gasteiger partial charge in [-0.3, -0.25) is 0 Å². The summed E-state index contributed by atoms with van der Waals surface area (Å²) < 4.78 is 6.68. The molecule has 0 radical (unpaired) electrons. The van der Waals surface area contributed by atoms with Crippen LogP contribution in [0.5, 0.6) is 0 Å². The standard InChI is InChI=1S/C11H9NOS2/c1-6-8(5-10(12)13-6)9-4-7-2-3-14-11(7)15-9/h2-5H,12H2,1H3. The molecule has 0 saturated carbocycles. The van der Waals surface area contributed by atoms with Gasteiger partial charge in [-0.1, -0.05) is 0 Å². The van der Waals surface area contributed by atoms with Crippen LogP contribution in [0.1, 0.15) is 5.76 Å². The Morgan fingerprint density at radius 3 is 2.87 bits per heavy atom. The van der Waals surface area contributed by atoms with Crippen molar-refractivity contribution in [3.63, 3.8) is 0 Å². The second-order valence-electron chi connectivity index (χ2n) is 3.39. The molecule has 3 aromatic heterocycles. The number of hydrogen-bond acceptors (Lipinski definition) is 4. The van der Waals surface area contributed by atoms with Gasteiger partial charge in [-0.05, 0) is 24.4 Å². The van der Waals surface area contributed by atoms with Crippen molar-refractivity contribution in [2.75, 3.05) is 5.73 Å². The lowest BCUT2D eigenvalue weighted by atomic mass is 10.2. The first-order valence-electron chi connectivity index (χ1n) is 4.57. The Balaban J connectivity index is 2.21. The van der Waals surface area contributed by atoms with Gasteiger partial charge in [-0.25, -0.2) is 0 Å². The van der Waals surface area contributed by atoms with Crippen LogP contribution in [0.3, 0.4) is 0 Å². The fraction of sp³-hybridized carbons (Fsp3) is 0.0909. The maximum Gasteiger partial charge on any atom is 0.191 e. The Morgan fingerprint density at radius 1 is 1.33 bits per heavy atom. The zero-order valence-corrected chi connectivity index (χ0v) is 9.74. The molecule has 4 heteroatoms. The van der Waals surface area contributed by atoms with E-state index in [0.717, 1.165) is 11.3 Å². The van der Waals surface area contributed by atoms with Crippen LogP contribution in [-0.4, -0.2) is 0 Å². The van der Waals surface area contributed by atoms with Crippen LogP contribution in [0.15, 0.2) is 28.0 Å². The molecule has 3 aromatic rings. The van der Waals surface area contributed by atoms with E-state index >= 15 is 0 Å². The molecule has 0 aliphatic carbocycles. The van der Waals surface area contributed by atoms with Gasteiger partial charge in [0.15, 0.2) is 5.88 Å². The molecule has 76 valence electrons. The molecule has 0 amide bonds. The summed E-state index contributed by atoms with van der Waals surface area (Å²) in [5.41, 5.74) is 6.74. The van der Waals surface area contributed by atoms with Gasteiger partial charge >= 0.3 is 0 Å². The molecule has 0 aliphatic rings. The molecule has 0 spiro atoms. The van der Waals surface area contributed by atoms with Crippen molar-refractivity contribution in [3.05, 3.63) is 29.3 Å². The van der Waals surface area contributed by atoms with E-state index in [0.29, 0.717) is 5.88 Å². The van der Waals surface area contributed by atoms with Gasteiger partial charge in [0.05, 0.1) is 4.01 Å². The molecule has 0 unspecified atom stereocenters. The number of thiophene rings is 2. The summed E-state index contributed by atoms with van der Waals surface area (Å²) in [6, 6.07) is 6.22. The van der Waals surface area contributed by atoms with E-state index < -0.39 is 0 Å². The van der Waals surface area contributed by atoms with Gasteiger partial charge < -0.3 is 10.2 Å². The maximum absolute atomic E-state index is 5.63. The average molecular weight is 235 g/mol. The third-order valence-electron chi connectivity index (χ3n) is 2.35.